The number of amidine groups is 1. The van der Waals surface area contributed by atoms with Crippen molar-refractivity contribution in [1.82, 2.24) is 4.90 Å². The molecule has 1 saturated heterocycles. The number of ether oxygens (including phenoxy) is 1. The average molecular weight is 437 g/mol. The van der Waals surface area contributed by atoms with Crippen molar-refractivity contribution in [2.75, 3.05) is 18.2 Å². The van der Waals surface area contributed by atoms with Crippen molar-refractivity contribution in [3.8, 4) is 5.75 Å². The Hall–Kier alpha value is -3.13. The molecule has 32 heavy (non-hydrogen) atoms. The first-order valence-electron chi connectivity index (χ1n) is 11.3. The molecule has 1 unspecified atom stereocenters. The first-order valence-corrected chi connectivity index (χ1v) is 11.3. The number of anilines is 1. The van der Waals surface area contributed by atoms with E-state index in [1.165, 1.54) is 17.2 Å². The quantitative estimate of drug-likeness (QED) is 0.527. The Bertz CT molecular complexity index is 1100. The van der Waals surface area contributed by atoms with Gasteiger partial charge in [0, 0.05) is 19.2 Å². The van der Waals surface area contributed by atoms with Crippen LogP contribution in [0.4, 0.5) is 17.1 Å². The first-order chi connectivity index (χ1) is 15.4. The summed E-state index contributed by atoms with van der Waals surface area (Å²) in [5.74, 6) is 0.988. The zero-order valence-electron chi connectivity index (χ0n) is 18.5. The van der Waals surface area contributed by atoms with Crippen LogP contribution >= 0.6 is 0 Å². The summed E-state index contributed by atoms with van der Waals surface area (Å²) in [6, 6.07) is 12.3. The van der Waals surface area contributed by atoms with Gasteiger partial charge < -0.3 is 9.64 Å². The molecule has 2 aromatic rings. The fraction of sp³-hybridized carbons (Fsp3) is 0.458. The Kier molecular flexibility index (Phi) is 4.85. The number of para-hydroxylation sites is 1. The number of benzene rings is 2. The van der Waals surface area contributed by atoms with Crippen LogP contribution in [0.1, 0.15) is 51.5 Å². The van der Waals surface area contributed by atoms with Crippen LogP contribution in [0.5, 0.6) is 5.75 Å². The van der Waals surface area contributed by atoms with Crippen molar-refractivity contribution in [3.63, 3.8) is 0 Å². The molecule has 8 heteroatoms. The van der Waals surface area contributed by atoms with Gasteiger partial charge in [-0.3, -0.25) is 15.3 Å². The molecule has 8 nitrogen and oxygen atoms in total. The minimum atomic E-state index is -1.31. The predicted octanol–water partition coefficient (Wildman–Crippen LogP) is 5.17. The molecule has 0 radical (unpaired) electrons. The molecular formula is C24H28N4O4. The summed E-state index contributed by atoms with van der Waals surface area (Å²) in [6.07, 6.45) is 4.88. The lowest BCUT2D eigenvalue weighted by atomic mass is 9.71. The Balaban J connectivity index is 1.76. The molecule has 1 N–H and O–H groups in total. The zero-order valence-corrected chi connectivity index (χ0v) is 18.5. The third kappa shape index (κ3) is 2.75. The van der Waals surface area contributed by atoms with E-state index < -0.39 is 16.1 Å². The van der Waals surface area contributed by atoms with Crippen molar-refractivity contribution >= 4 is 22.9 Å². The lowest BCUT2D eigenvalue weighted by Crippen LogP contribution is -2.70. The number of aliphatic imine (C=N–C) groups is 1. The van der Waals surface area contributed by atoms with E-state index in [9.17, 15) is 15.3 Å². The average Bonchev–Trinajstić information content (AvgIpc) is 2.99. The molecule has 5 rings (SSSR count). The molecule has 0 aliphatic carbocycles. The molecule has 1 spiro atoms. The fourth-order valence-electron chi connectivity index (χ4n) is 5.59. The van der Waals surface area contributed by atoms with Crippen molar-refractivity contribution in [3.05, 3.63) is 58.1 Å². The van der Waals surface area contributed by atoms with Crippen LogP contribution in [0.2, 0.25) is 0 Å². The van der Waals surface area contributed by atoms with Gasteiger partial charge in [0.05, 0.1) is 22.1 Å². The van der Waals surface area contributed by atoms with E-state index in [-0.39, 0.29) is 5.69 Å². The van der Waals surface area contributed by atoms with E-state index in [2.05, 4.69) is 18.7 Å². The van der Waals surface area contributed by atoms with Gasteiger partial charge in [0.2, 0.25) is 0 Å². The molecule has 0 saturated carbocycles. The second kappa shape index (κ2) is 7.48. The minimum absolute atomic E-state index is 0.0623. The molecule has 0 aromatic heterocycles. The summed E-state index contributed by atoms with van der Waals surface area (Å²) >= 11 is 0. The Morgan fingerprint density at radius 3 is 2.66 bits per heavy atom. The number of nitrogens with zero attached hydrogens (tertiary/aromatic N) is 4. The minimum Gasteiger partial charge on any atom is -0.455 e. The fourth-order valence-corrected chi connectivity index (χ4v) is 5.59. The van der Waals surface area contributed by atoms with Crippen molar-refractivity contribution in [2.45, 2.75) is 57.1 Å². The van der Waals surface area contributed by atoms with Crippen LogP contribution in [-0.2, 0) is 5.41 Å². The van der Waals surface area contributed by atoms with E-state index in [0.29, 0.717) is 23.0 Å². The van der Waals surface area contributed by atoms with Gasteiger partial charge in [-0.25, -0.2) is 10.1 Å². The van der Waals surface area contributed by atoms with Crippen LogP contribution in [0.25, 0.3) is 0 Å². The molecule has 168 valence electrons. The Labute approximate surface area is 187 Å². The van der Waals surface area contributed by atoms with Gasteiger partial charge in [0.1, 0.15) is 5.69 Å². The highest BCUT2D eigenvalue weighted by Crippen LogP contribution is 2.57. The SMILES string of the molecule is CCCC1(C)c2ccccc2N(O)[C@]12Oc1cc([N+](=O)[O-])ccc1N=C2N1CCCCC1. The zero-order chi connectivity index (χ0) is 22.5. The molecule has 3 aliphatic rings. The molecule has 2 atom stereocenters. The van der Waals surface area contributed by atoms with Gasteiger partial charge in [0.15, 0.2) is 11.6 Å². The summed E-state index contributed by atoms with van der Waals surface area (Å²) in [5.41, 5.74) is 0.223. The highest BCUT2D eigenvalue weighted by atomic mass is 16.6. The normalized spacial score (nSPS) is 26.4. The molecule has 3 heterocycles. The van der Waals surface area contributed by atoms with E-state index in [0.717, 1.165) is 50.8 Å². The number of hydrogen-bond donors (Lipinski definition) is 1. The van der Waals surface area contributed by atoms with Crippen molar-refractivity contribution < 1.29 is 14.9 Å². The van der Waals surface area contributed by atoms with Gasteiger partial charge in [-0.2, -0.15) is 0 Å². The lowest BCUT2D eigenvalue weighted by Gasteiger charge is -2.51. The maximum absolute atomic E-state index is 11.7. The molecular weight excluding hydrogens is 408 g/mol. The summed E-state index contributed by atoms with van der Waals surface area (Å²) in [7, 11) is 0. The van der Waals surface area contributed by atoms with Gasteiger partial charge in [-0.15, -0.1) is 0 Å². The maximum atomic E-state index is 11.7. The highest BCUT2D eigenvalue weighted by molar-refractivity contribution is 6.01. The number of nitro groups is 1. The molecule has 3 aliphatic heterocycles. The topological polar surface area (TPSA) is 91.4 Å². The van der Waals surface area contributed by atoms with E-state index in [1.54, 1.807) is 6.07 Å². The van der Waals surface area contributed by atoms with Gasteiger partial charge in [-0.05, 0) is 50.3 Å². The maximum Gasteiger partial charge on any atom is 0.273 e. The molecule has 0 bridgehead atoms. The number of nitro benzene ring substituents is 1. The third-order valence-electron chi connectivity index (χ3n) is 7.12. The molecule has 0 amide bonds. The number of hydrogen-bond acceptors (Lipinski definition) is 7. The number of likely N-dealkylation sites (tertiary alicyclic amines) is 1. The van der Waals surface area contributed by atoms with Crippen LogP contribution in [-0.4, -0.2) is 39.7 Å². The molecule has 1 fully saturated rings. The highest BCUT2D eigenvalue weighted by Gasteiger charge is 2.67. The molecule has 2 aromatic carbocycles. The predicted molar refractivity (Wildman–Crippen MR) is 122 cm³/mol. The number of non-ortho nitro benzene ring substituents is 1. The van der Waals surface area contributed by atoms with Gasteiger partial charge in [0.25, 0.3) is 11.4 Å². The second-order valence-corrected chi connectivity index (χ2v) is 9.05. The number of hydroxylamine groups is 1. The number of fused-ring (bicyclic) bond motifs is 2. The second-order valence-electron chi connectivity index (χ2n) is 9.05. The monoisotopic (exact) mass is 436 g/mol. The lowest BCUT2D eigenvalue weighted by molar-refractivity contribution is -0.385. The van der Waals surface area contributed by atoms with Crippen LogP contribution < -0.4 is 9.80 Å². The van der Waals surface area contributed by atoms with Crippen molar-refractivity contribution in [2.24, 2.45) is 4.99 Å². The van der Waals surface area contributed by atoms with E-state index in [4.69, 9.17) is 9.73 Å². The summed E-state index contributed by atoms with van der Waals surface area (Å²) in [6.45, 7) is 5.88. The number of piperidine rings is 1. The van der Waals surface area contributed by atoms with Crippen LogP contribution in [0, 0.1) is 10.1 Å². The summed E-state index contributed by atoms with van der Waals surface area (Å²) in [5, 5.41) is 24.3. The van der Waals surface area contributed by atoms with Crippen molar-refractivity contribution in [1.29, 1.82) is 0 Å². The number of rotatable bonds is 3. The Morgan fingerprint density at radius 2 is 1.94 bits per heavy atom. The van der Waals surface area contributed by atoms with Gasteiger partial charge in [-0.1, -0.05) is 31.5 Å². The largest absolute Gasteiger partial charge is 0.455 e. The van der Waals surface area contributed by atoms with Crippen LogP contribution in [0.15, 0.2) is 47.5 Å². The van der Waals surface area contributed by atoms with E-state index in [1.807, 2.05) is 24.3 Å². The first kappa shape index (κ1) is 20.8. The third-order valence-corrected chi connectivity index (χ3v) is 7.12. The van der Waals surface area contributed by atoms with Gasteiger partial charge >= 0.3 is 0 Å². The Morgan fingerprint density at radius 1 is 1.19 bits per heavy atom. The summed E-state index contributed by atoms with van der Waals surface area (Å²) in [4.78, 5) is 18.2. The standard InChI is InChI=1S/C24H28N4O4/c1-3-13-23(2)18-9-5-6-10-20(18)27(29)24(23)22(26-14-7-4-8-15-26)25-19-12-11-17(28(30)31)16-21(19)32-24/h5-6,9-12,16,29H,3-4,7-8,13-15H2,1-2H3/t23?,24-/m1/s1. The van der Waals surface area contributed by atoms with Crippen LogP contribution in [0.3, 0.4) is 0 Å². The van der Waals surface area contributed by atoms with E-state index >= 15 is 0 Å². The smallest absolute Gasteiger partial charge is 0.273 e. The summed E-state index contributed by atoms with van der Waals surface area (Å²) < 4.78 is 6.70.